The van der Waals surface area contributed by atoms with Gasteiger partial charge in [0.15, 0.2) is 0 Å². The molecule has 0 radical (unpaired) electrons. The Hall–Kier alpha value is -3.93. The van der Waals surface area contributed by atoms with Crippen molar-refractivity contribution >= 4 is 23.2 Å². The van der Waals surface area contributed by atoms with Crippen LogP contribution < -0.4 is 16.1 Å². The summed E-state index contributed by atoms with van der Waals surface area (Å²) in [5.41, 5.74) is 8.50. The van der Waals surface area contributed by atoms with E-state index in [1.165, 1.54) is 5.01 Å². The molecule has 150 valence electrons. The second-order valence-corrected chi connectivity index (χ2v) is 7.08. The molecule has 1 unspecified atom stereocenters. The Bertz CT molecular complexity index is 1010. The molecular formula is C24H22N4O2. The zero-order valence-electron chi connectivity index (χ0n) is 16.3. The molecule has 0 spiro atoms. The van der Waals surface area contributed by atoms with E-state index in [9.17, 15) is 9.59 Å². The summed E-state index contributed by atoms with van der Waals surface area (Å²) in [5.74, 6) is -0.842. The highest BCUT2D eigenvalue weighted by atomic mass is 16.2. The summed E-state index contributed by atoms with van der Waals surface area (Å²) in [6.07, 6.45) is 0.159. The standard InChI is InChI=1S/C24H22N4O2/c25-23(29)21-16-20(27-28(21)19-14-8-3-9-15-19)24(30)26-22(17-10-4-1-5-11-17)18-12-6-2-7-13-18/h1-15,21-22H,16H2,(H2,25,29)(H,26,30). The second kappa shape index (κ2) is 8.61. The Balaban J connectivity index is 1.62. The first kappa shape index (κ1) is 19.4. The molecule has 30 heavy (non-hydrogen) atoms. The summed E-state index contributed by atoms with van der Waals surface area (Å²) in [7, 11) is 0. The van der Waals surface area contributed by atoms with Gasteiger partial charge in [0.05, 0.1) is 11.7 Å². The number of rotatable bonds is 6. The molecule has 3 N–H and O–H groups in total. The highest BCUT2D eigenvalue weighted by molar-refractivity contribution is 6.40. The van der Waals surface area contributed by atoms with Gasteiger partial charge in [-0.1, -0.05) is 78.9 Å². The molecule has 3 aromatic rings. The highest BCUT2D eigenvalue weighted by Gasteiger charge is 2.35. The summed E-state index contributed by atoms with van der Waals surface area (Å²) in [4.78, 5) is 25.1. The zero-order valence-corrected chi connectivity index (χ0v) is 16.3. The molecule has 6 nitrogen and oxygen atoms in total. The van der Waals surface area contributed by atoms with Gasteiger partial charge in [0.2, 0.25) is 5.91 Å². The van der Waals surface area contributed by atoms with Crippen LogP contribution in [0.15, 0.2) is 96.1 Å². The number of para-hydroxylation sites is 1. The quantitative estimate of drug-likeness (QED) is 0.669. The van der Waals surface area contributed by atoms with E-state index in [4.69, 9.17) is 5.73 Å². The molecule has 0 aromatic heterocycles. The summed E-state index contributed by atoms with van der Waals surface area (Å²) in [6.45, 7) is 0. The fourth-order valence-electron chi connectivity index (χ4n) is 3.55. The van der Waals surface area contributed by atoms with Gasteiger partial charge in [0, 0.05) is 6.42 Å². The number of amides is 2. The van der Waals surface area contributed by atoms with E-state index in [2.05, 4.69) is 10.4 Å². The minimum Gasteiger partial charge on any atom is -0.368 e. The number of nitrogens with one attached hydrogen (secondary N) is 1. The molecule has 2 amide bonds. The van der Waals surface area contributed by atoms with Gasteiger partial charge in [-0.25, -0.2) is 0 Å². The Morgan fingerprint density at radius 1 is 0.867 bits per heavy atom. The van der Waals surface area contributed by atoms with E-state index in [-0.39, 0.29) is 24.1 Å². The Morgan fingerprint density at radius 3 is 1.87 bits per heavy atom. The molecule has 0 saturated carbocycles. The molecule has 0 fully saturated rings. The predicted molar refractivity (Wildman–Crippen MR) is 117 cm³/mol. The maximum atomic E-state index is 13.1. The van der Waals surface area contributed by atoms with Gasteiger partial charge in [-0.2, -0.15) is 5.10 Å². The first-order chi connectivity index (χ1) is 14.6. The van der Waals surface area contributed by atoms with E-state index in [1.807, 2.05) is 91.0 Å². The first-order valence-corrected chi connectivity index (χ1v) is 9.75. The Labute approximate surface area is 175 Å². The number of benzene rings is 3. The van der Waals surface area contributed by atoms with Crippen molar-refractivity contribution in [2.75, 3.05) is 5.01 Å². The number of primary amides is 1. The average molecular weight is 398 g/mol. The molecular weight excluding hydrogens is 376 g/mol. The lowest BCUT2D eigenvalue weighted by molar-refractivity contribution is -0.119. The van der Waals surface area contributed by atoms with Crippen molar-refractivity contribution in [3.63, 3.8) is 0 Å². The van der Waals surface area contributed by atoms with E-state index in [0.717, 1.165) is 11.1 Å². The number of anilines is 1. The van der Waals surface area contributed by atoms with Crippen molar-refractivity contribution in [2.24, 2.45) is 10.8 Å². The van der Waals surface area contributed by atoms with Gasteiger partial charge in [0.25, 0.3) is 5.91 Å². The van der Waals surface area contributed by atoms with Crippen LogP contribution in [0.1, 0.15) is 23.6 Å². The van der Waals surface area contributed by atoms with Gasteiger partial charge < -0.3 is 11.1 Å². The number of hydrogen-bond acceptors (Lipinski definition) is 4. The second-order valence-electron chi connectivity index (χ2n) is 7.08. The van der Waals surface area contributed by atoms with Crippen LogP contribution in [0.2, 0.25) is 0 Å². The molecule has 0 bridgehead atoms. The summed E-state index contributed by atoms with van der Waals surface area (Å²) in [5, 5.41) is 9.04. The number of nitrogens with two attached hydrogens (primary N) is 1. The van der Waals surface area contributed by atoms with E-state index in [0.29, 0.717) is 5.69 Å². The van der Waals surface area contributed by atoms with Gasteiger partial charge >= 0.3 is 0 Å². The smallest absolute Gasteiger partial charge is 0.268 e. The SMILES string of the molecule is NC(=O)C1CC(C(=O)NC(c2ccccc2)c2ccccc2)=NN1c1ccccc1. The van der Waals surface area contributed by atoms with Crippen molar-refractivity contribution in [2.45, 2.75) is 18.5 Å². The lowest BCUT2D eigenvalue weighted by atomic mass is 9.98. The van der Waals surface area contributed by atoms with Crippen LogP contribution in [0.25, 0.3) is 0 Å². The van der Waals surface area contributed by atoms with E-state index < -0.39 is 11.9 Å². The van der Waals surface area contributed by atoms with Crippen LogP contribution in [0.4, 0.5) is 5.69 Å². The topological polar surface area (TPSA) is 87.8 Å². The highest BCUT2D eigenvalue weighted by Crippen LogP contribution is 2.26. The molecule has 1 aliphatic heterocycles. The third-order valence-corrected chi connectivity index (χ3v) is 5.06. The van der Waals surface area contributed by atoms with Crippen molar-refractivity contribution in [3.05, 3.63) is 102 Å². The molecule has 4 rings (SSSR count). The van der Waals surface area contributed by atoms with Crippen molar-refractivity contribution in [3.8, 4) is 0 Å². The monoisotopic (exact) mass is 398 g/mol. The third-order valence-electron chi connectivity index (χ3n) is 5.06. The van der Waals surface area contributed by atoms with Crippen LogP contribution in [0, 0.1) is 0 Å². The van der Waals surface area contributed by atoms with Gasteiger partial charge in [-0.15, -0.1) is 0 Å². The lowest BCUT2D eigenvalue weighted by Gasteiger charge is -2.20. The lowest BCUT2D eigenvalue weighted by Crippen LogP contribution is -2.40. The fourth-order valence-corrected chi connectivity index (χ4v) is 3.55. The summed E-state index contributed by atoms with van der Waals surface area (Å²) in [6, 6.07) is 27.7. The van der Waals surface area contributed by atoms with Crippen LogP contribution in [0.5, 0.6) is 0 Å². The molecule has 0 aliphatic carbocycles. The zero-order chi connectivity index (χ0) is 20.9. The Kier molecular flexibility index (Phi) is 5.57. The maximum Gasteiger partial charge on any atom is 0.268 e. The van der Waals surface area contributed by atoms with Crippen molar-refractivity contribution in [1.29, 1.82) is 0 Å². The fraction of sp³-hybridized carbons (Fsp3) is 0.125. The van der Waals surface area contributed by atoms with Crippen LogP contribution in [-0.2, 0) is 9.59 Å². The maximum absolute atomic E-state index is 13.1. The number of carbonyl (C=O) groups is 2. The molecule has 0 saturated heterocycles. The summed E-state index contributed by atoms with van der Waals surface area (Å²) >= 11 is 0. The number of hydrogen-bond donors (Lipinski definition) is 2. The van der Waals surface area contributed by atoms with Crippen LogP contribution in [-0.4, -0.2) is 23.6 Å². The molecule has 1 aliphatic rings. The minimum absolute atomic E-state index is 0.159. The van der Waals surface area contributed by atoms with Gasteiger partial charge in [-0.3, -0.25) is 14.6 Å². The van der Waals surface area contributed by atoms with Crippen LogP contribution >= 0.6 is 0 Å². The third kappa shape index (κ3) is 4.07. The van der Waals surface area contributed by atoms with E-state index >= 15 is 0 Å². The predicted octanol–water partition coefficient (Wildman–Crippen LogP) is 3.01. The van der Waals surface area contributed by atoms with Crippen molar-refractivity contribution < 1.29 is 9.59 Å². The number of hydrazone groups is 1. The van der Waals surface area contributed by atoms with Crippen LogP contribution in [0.3, 0.4) is 0 Å². The average Bonchev–Trinajstić information content (AvgIpc) is 3.25. The minimum atomic E-state index is -0.694. The molecule has 1 heterocycles. The van der Waals surface area contributed by atoms with E-state index in [1.54, 1.807) is 0 Å². The molecule has 3 aromatic carbocycles. The number of carbonyl (C=O) groups excluding carboxylic acids is 2. The molecule has 6 heteroatoms. The summed E-state index contributed by atoms with van der Waals surface area (Å²) < 4.78 is 0. The van der Waals surface area contributed by atoms with Crippen molar-refractivity contribution in [1.82, 2.24) is 5.32 Å². The number of nitrogens with zero attached hydrogens (tertiary/aromatic N) is 2. The van der Waals surface area contributed by atoms with Gasteiger partial charge in [-0.05, 0) is 23.3 Å². The van der Waals surface area contributed by atoms with Gasteiger partial charge in [0.1, 0.15) is 11.8 Å². The first-order valence-electron chi connectivity index (χ1n) is 9.75. The molecule has 1 atom stereocenters. The largest absolute Gasteiger partial charge is 0.368 e. The Morgan fingerprint density at radius 2 is 1.37 bits per heavy atom. The normalized spacial score (nSPS) is 15.7.